The number of likely N-dealkylation sites (tertiary alicyclic amines) is 1. The van der Waals surface area contributed by atoms with E-state index in [0.29, 0.717) is 0 Å². The van der Waals surface area contributed by atoms with Gasteiger partial charge in [0, 0.05) is 12.1 Å². The largest absolute Gasteiger partial charge is 0.316 e. The van der Waals surface area contributed by atoms with E-state index in [2.05, 4.69) is 42.9 Å². The van der Waals surface area contributed by atoms with E-state index >= 15 is 0 Å². The topological polar surface area (TPSA) is 18.5 Å². The first-order chi connectivity index (χ1) is 9.61. The van der Waals surface area contributed by atoms with Crippen LogP contribution >= 0.6 is 0 Å². The number of nitrogens with one attached hydrogen (secondary N) is 1. The maximum Gasteiger partial charge on any atom is 0.0136 e. The van der Waals surface area contributed by atoms with Crippen molar-refractivity contribution < 1.29 is 0 Å². The van der Waals surface area contributed by atoms with Crippen molar-refractivity contribution in [1.29, 1.82) is 0 Å². The summed E-state index contributed by atoms with van der Waals surface area (Å²) in [6, 6.07) is 1.67. The van der Waals surface area contributed by atoms with Gasteiger partial charge in [-0.25, -0.2) is 0 Å². The summed E-state index contributed by atoms with van der Waals surface area (Å²) in [5, 5.41) is 3.66. The molecular formula is C17H35N3. The number of hydrogen-bond donors (Lipinski definition) is 1. The molecule has 118 valence electrons. The van der Waals surface area contributed by atoms with Gasteiger partial charge in [-0.3, -0.25) is 0 Å². The van der Waals surface area contributed by atoms with E-state index in [-0.39, 0.29) is 0 Å². The Labute approximate surface area is 126 Å². The van der Waals surface area contributed by atoms with Crippen LogP contribution < -0.4 is 5.32 Å². The monoisotopic (exact) mass is 281 g/mol. The van der Waals surface area contributed by atoms with E-state index in [9.17, 15) is 0 Å². The van der Waals surface area contributed by atoms with Gasteiger partial charge in [0.15, 0.2) is 0 Å². The van der Waals surface area contributed by atoms with Gasteiger partial charge in [-0.1, -0.05) is 20.8 Å². The van der Waals surface area contributed by atoms with E-state index in [1.807, 2.05) is 0 Å². The Morgan fingerprint density at radius 1 is 1.15 bits per heavy atom. The highest BCUT2D eigenvalue weighted by Gasteiger charge is 2.36. The van der Waals surface area contributed by atoms with Crippen molar-refractivity contribution in [1.82, 2.24) is 15.1 Å². The fourth-order valence-corrected chi connectivity index (χ4v) is 3.80. The summed E-state index contributed by atoms with van der Waals surface area (Å²) < 4.78 is 0. The van der Waals surface area contributed by atoms with Crippen LogP contribution in [0.25, 0.3) is 0 Å². The fraction of sp³-hybridized carbons (Fsp3) is 1.00. The lowest BCUT2D eigenvalue weighted by Gasteiger charge is -2.48. The minimum atomic E-state index is 0.768. The summed E-state index contributed by atoms with van der Waals surface area (Å²) in [6.45, 7) is 13.1. The van der Waals surface area contributed by atoms with Crippen LogP contribution in [0.2, 0.25) is 0 Å². The summed E-state index contributed by atoms with van der Waals surface area (Å²) in [7, 11) is 2.38. The third-order valence-corrected chi connectivity index (χ3v) is 5.44. The average Bonchev–Trinajstić information content (AvgIpc) is 2.42. The molecule has 0 spiro atoms. The molecule has 0 radical (unpaired) electrons. The second-order valence-electron chi connectivity index (χ2n) is 7.29. The van der Waals surface area contributed by atoms with Crippen molar-refractivity contribution in [3.8, 4) is 0 Å². The molecule has 3 heteroatoms. The molecule has 1 aliphatic carbocycles. The molecular weight excluding hydrogens is 246 g/mol. The molecule has 1 N–H and O–H groups in total. The molecule has 20 heavy (non-hydrogen) atoms. The molecule has 2 fully saturated rings. The van der Waals surface area contributed by atoms with Crippen molar-refractivity contribution in [3.63, 3.8) is 0 Å². The zero-order valence-corrected chi connectivity index (χ0v) is 14.1. The Morgan fingerprint density at radius 3 is 2.35 bits per heavy atom. The molecule has 0 aromatic heterocycles. The molecule has 1 aliphatic heterocycles. The normalized spacial score (nSPS) is 29.1. The van der Waals surface area contributed by atoms with E-state index in [0.717, 1.165) is 23.9 Å². The average molecular weight is 281 g/mol. The van der Waals surface area contributed by atoms with Gasteiger partial charge in [-0.15, -0.1) is 0 Å². The summed E-state index contributed by atoms with van der Waals surface area (Å²) in [6.07, 6.45) is 5.58. The molecule has 1 saturated carbocycles. The molecule has 3 nitrogen and oxygen atoms in total. The van der Waals surface area contributed by atoms with E-state index in [4.69, 9.17) is 0 Å². The van der Waals surface area contributed by atoms with Crippen LogP contribution in [0.1, 0.15) is 46.5 Å². The zero-order chi connectivity index (χ0) is 14.5. The molecule has 0 amide bonds. The van der Waals surface area contributed by atoms with E-state index < -0.39 is 0 Å². The smallest absolute Gasteiger partial charge is 0.0136 e. The van der Waals surface area contributed by atoms with Gasteiger partial charge in [-0.05, 0) is 77.3 Å². The quantitative estimate of drug-likeness (QED) is 0.773. The molecule has 0 aromatic carbocycles. The van der Waals surface area contributed by atoms with Crippen molar-refractivity contribution in [2.24, 2.45) is 11.8 Å². The van der Waals surface area contributed by atoms with Gasteiger partial charge < -0.3 is 15.1 Å². The first kappa shape index (κ1) is 16.3. The van der Waals surface area contributed by atoms with Gasteiger partial charge in [0.2, 0.25) is 0 Å². The van der Waals surface area contributed by atoms with Crippen molar-refractivity contribution >= 4 is 0 Å². The number of nitrogens with zero attached hydrogens (tertiary/aromatic N) is 2. The number of hydrogen-bond acceptors (Lipinski definition) is 3. The highest BCUT2D eigenvalue weighted by molar-refractivity contribution is 4.92. The van der Waals surface area contributed by atoms with E-state index in [1.165, 1.54) is 58.4 Å². The van der Waals surface area contributed by atoms with Crippen molar-refractivity contribution in [2.75, 3.05) is 39.8 Å². The van der Waals surface area contributed by atoms with Crippen molar-refractivity contribution in [2.45, 2.75) is 58.5 Å². The van der Waals surface area contributed by atoms with Crippen LogP contribution in [-0.4, -0.2) is 61.7 Å². The first-order valence-corrected chi connectivity index (χ1v) is 8.76. The fourth-order valence-electron chi connectivity index (χ4n) is 3.80. The molecule has 2 unspecified atom stereocenters. The predicted octanol–water partition coefficient (Wildman–Crippen LogP) is 2.43. The maximum absolute atomic E-state index is 3.66. The summed E-state index contributed by atoms with van der Waals surface area (Å²) in [4.78, 5) is 5.31. The lowest BCUT2D eigenvalue weighted by atomic mass is 9.77. The van der Waals surface area contributed by atoms with Gasteiger partial charge in [0.1, 0.15) is 0 Å². The van der Waals surface area contributed by atoms with Crippen LogP contribution in [0.3, 0.4) is 0 Å². The maximum atomic E-state index is 3.66. The van der Waals surface area contributed by atoms with Crippen molar-refractivity contribution in [3.05, 3.63) is 0 Å². The summed E-state index contributed by atoms with van der Waals surface area (Å²) in [5.74, 6) is 1.66. The minimum absolute atomic E-state index is 0.768. The Hall–Kier alpha value is -0.120. The van der Waals surface area contributed by atoms with Crippen LogP contribution in [0, 0.1) is 11.8 Å². The Balaban J connectivity index is 1.71. The Morgan fingerprint density at radius 2 is 1.85 bits per heavy atom. The molecule has 1 heterocycles. The SMILES string of the molecule is CCN1CCC(N(C)C2CCC2CNCC(C)C)CC1. The second-order valence-corrected chi connectivity index (χ2v) is 7.29. The minimum Gasteiger partial charge on any atom is -0.316 e. The van der Waals surface area contributed by atoms with Crippen LogP contribution in [0.4, 0.5) is 0 Å². The standard InChI is InChI=1S/C17H35N3/c1-5-20-10-8-16(9-11-20)19(4)17-7-6-15(17)13-18-12-14(2)3/h14-18H,5-13H2,1-4H3. The van der Waals surface area contributed by atoms with Gasteiger partial charge in [-0.2, -0.15) is 0 Å². The first-order valence-electron chi connectivity index (χ1n) is 8.76. The zero-order valence-electron chi connectivity index (χ0n) is 14.1. The number of rotatable bonds is 7. The third-order valence-electron chi connectivity index (χ3n) is 5.44. The molecule has 1 saturated heterocycles. The summed E-state index contributed by atoms with van der Waals surface area (Å²) in [5.41, 5.74) is 0. The van der Waals surface area contributed by atoms with Gasteiger partial charge in [0.05, 0.1) is 0 Å². The molecule has 0 aromatic rings. The Bertz CT molecular complexity index is 271. The summed E-state index contributed by atoms with van der Waals surface area (Å²) >= 11 is 0. The molecule has 2 atom stereocenters. The van der Waals surface area contributed by atoms with Crippen LogP contribution in [-0.2, 0) is 0 Å². The van der Waals surface area contributed by atoms with E-state index in [1.54, 1.807) is 0 Å². The molecule has 0 bridgehead atoms. The highest BCUT2D eigenvalue weighted by Crippen LogP contribution is 2.33. The van der Waals surface area contributed by atoms with Crippen LogP contribution in [0.15, 0.2) is 0 Å². The second kappa shape index (κ2) is 7.77. The molecule has 2 rings (SSSR count). The van der Waals surface area contributed by atoms with Gasteiger partial charge in [0.25, 0.3) is 0 Å². The lowest BCUT2D eigenvalue weighted by Crippen LogP contribution is -2.54. The molecule has 2 aliphatic rings. The predicted molar refractivity (Wildman–Crippen MR) is 87.1 cm³/mol. The lowest BCUT2D eigenvalue weighted by molar-refractivity contribution is 0.0237. The van der Waals surface area contributed by atoms with Gasteiger partial charge >= 0.3 is 0 Å². The number of piperidine rings is 1. The Kier molecular flexibility index (Phi) is 6.31. The third kappa shape index (κ3) is 4.19. The van der Waals surface area contributed by atoms with Crippen LogP contribution in [0.5, 0.6) is 0 Å². The highest BCUT2D eigenvalue weighted by atomic mass is 15.2.